The number of benzene rings is 4. The van der Waals surface area contributed by atoms with Gasteiger partial charge in [0.1, 0.15) is 11.5 Å². The SMILES string of the molecule is O=C(Nc1ccc(Oc2ccccc2)cc1)Nc1cccc([C@H]2O[C@@H](CN3CCC[C@H]3CO)C[C@@H](c3ccc(CO)cc3)O2)c1. The molecule has 0 unspecified atom stereocenters. The van der Waals surface area contributed by atoms with Gasteiger partial charge in [-0.3, -0.25) is 4.90 Å². The third kappa shape index (κ3) is 8.08. The first-order chi connectivity index (χ1) is 22.1. The number of aliphatic hydroxyl groups excluding tert-OH is 2. The van der Waals surface area contributed by atoms with Gasteiger partial charge in [0.15, 0.2) is 6.29 Å². The van der Waals surface area contributed by atoms with Crippen LogP contribution in [0.4, 0.5) is 16.2 Å². The van der Waals surface area contributed by atoms with Gasteiger partial charge in [0.25, 0.3) is 0 Å². The molecule has 2 aliphatic rings. The van der Waals surface area contributed by atoms with Gasteiger partial charge in [0.2, 0.25) is 0 Å². The van der Waals surface area contributed by atoms with Crippen molar-refractivity contribution < 1.29 is 29.2 Å². The van der Waals surface area contributed by atoms with Gasteiger partial charge < -0.3 is 35.1 Å². The topological polar surface area (TPSA) is 113 Å². The highest BCUT2D eigenvalue weighted by atomic mass is 16.7. The van der Waals surface area contributed by atoms with Gasteiger partial charge in [-0.1, -0.05) is 54.6 Å². The van der Waals surface area contributed by atoms with Crippen molar-refractivity contribution >= 4 is 17.4 Å². The minimum absolute atomic E-state index is 0.0149. The molecule has 2 saturated heterocycles. The molecule has 0 aliphatic carbocycles. The molecule has 0 spiro atoms. The Labute approximate surface area is 263 Å². The van der Waals surface area contributed by atoms with Crippen LogP contribution in [-0.4, -0.2) is 53.0 Å². The molecule has 9 heteroatoms. The van der Waals surface area contributed by atoms with Crippen molar-refractivity contribution in [1.29, 1.82) is 0 Å². The second-order valence-electron chi connectivity index (χ2n) is 11.5. The molecule has 4 atom stereocenters. The number of hydrogen-bond donors (Lipinski definition) is 4. The fourth-order valence-electron chi connectivity index (χ4n) is 5.92. The van der Waals surface area contributed by atoms with E-state index in [1.54, 1.807) is 24.3 Å². The van der Waals surface area contributed by atoms with Crippen molar-refractivity contribution in [2.24, 2.45) is 0 Å². The predicted octanol–water partition coefficient (Wildman–Crippen LogP) is 6.62. The Hall–Kier alpha value is -4.25. The van der Waals surface area contributed by atoms with E-state index >= 15 is 0 Å². The van der Waals surface area contributed by atoms with Gasteiger partial charge in [0, 0.05) is 35.9 Å². The first-order valence-corrected chi connectivity index (χ1v) is 15.4. The van der Waals surface area contributed by atoms with E-state index in [1.807, 2.05) is 78.9 Å². The van der Waals surface area contributed by atoms with Crippen molar-refractivity contribution in [3.63, 3.8) is 0 Å². The number of aliphatic hydroxyl groups is 2. The van der Waals surface area contributed by atoms with Crippen molar-refractivity contribution in [3.05, 3.63) is 120 Å². The average Bonchev–Trinajstić information content (AvgIpc) is 3.53. The molecule has 4 aromatic carbocycles. The lowest BCUT2D eigenvalue weighted by Gasteiger charge is -2.38. The number of nitrogens with one attached hydrogen (secondary N) is 2. The molecule has 45 heavy (non-hydrogen) atoms. The van der Waals surface area contributed by atoms with E-state index in [0.29, 0.717) is 30.1 Å². The summed E-state index contributed by atoms with van der Waals surface area (Å²) in [5.41, 5.74) is 3.88. The lowest BCUT2D eigenvalue weighted by atomic mass is 9.99. The second kappa shape index (κ2) is 14.7. The van der Waals surface area contributed by atoms with Crippen LogP contribution in [0.25, 0.3) is 0 Å². The van der Waals surface area contributed by atoms with Gasteiger partial charge in [0.05, 0.1) is 25.4 Å². The molecule has 4 aromatic rings. The first kappa shape index (κ1) is 30.8. The minimum atomic E-state index is -0.650. The number of para-hydroxylation sites is 1. The molecule has 2 amide bonds. The van der Waals surface area contributed by atoms with E-state index in [0.717, 1.165) is 41.8 Å². The summed E-state index contributed by atoms with van der Waals surface area (Å²) in [7, 11) is 0. The fraction of sp³-hybridized carbons (Fsp3) is 0.306. The summed E-state index contributed by atoms with van der Waals surface area (Å²) in [6.07, 6.45) is 1.72. The lowest BCUT2D eigenvalue weighted by molar-refractivity contribution is -0.253. The van der Waals surface area contributed by atoms with E-state index < -0.39 is 6.29 Å². The Morgan fingerprint density at radius 1 is 0.822 bits per heavy atom. The monoisotopic (exact) mass is 609 g/mol. The summed E-state index contributed by atoms with van der Waals surface area (Å²) in [5.74, 6) is 1.41. The van der Waals surface area contributed by atoms with Crippen molar-refractivity contribution in [3.8, 4) is 11.5 Å². The van der Waals surface area contributed by atoms with Gasteiger partial charge in [-0.2, -0.15) is 0 Å². The number of ether oxygens (including phenoxy) is 3. The molecule has 0 radical (unpaired) electrons. The Balaban J connectivity index is 1.12. The van der Waals surface area contributed by atoms with Crippen molar-refractivity contribution in [2.75, 3.05) is 30.3 Å². The van der Waals surface area contributed by atoms with Gasteiger partial charge in [-0.15, -0.1) is 0 Å². The van der Waals surface area contributed by atoms with Crippen LogP contribution < -0.4 is 15.4 Å². The molecule has 2 heterocycles. The second-order valence-corrected chi connectivity index (χ2v) is 11.5. The maximum absolute atomic E-state index is 12.9. The summed E-state index contributed by atoms with van der Waals surface area (Å²) >= 11 is 0. The quantitative estimate of drug-likeness (QED) is 0.160. The number of hydrogen-bond acceptors (Lipinski definition) is 7. The van der Waals surface area contributed by atoms with E-state index in [9.17, 15) is 15.0 Å². The highest BCUT2D eigenvalue weighted by Gasteiger charge is 2.35. The van der Waals surface area contributed by atoms with Crippen LogP contribution in [0.5, 0.6) is 11.5 Å². The highest BCUT2D eigenvalue weighted by Crippen LogP contribution is 2.39. The van der Waals surface area contributed by atoms with Crippen LogP contribution in [0.1, 0.15) is 48.3 Å². The van der Waals surface area contributed by atoms with Crippen LogP contribution in [0.2, 0.25) is 0 Å². The van der Waals surface area contributed by atoms with Crippen LogP contribution in [0, 0.1) is 0 Å². The Morgan fingerprint density at radius 2 is 1.58 bits per heavy atom. The van der Waals surface area contributed by atoms with Crippen LogP contribution in [-0.2, 0) is 16.1 Å². The zero-order chi connectivity index (χ0) is 31.0. The summed E-state index contributed by atoms with van der Waals surface area (Å²) in [6, 6.07) is 31.7. The Kier molecular flexibility index (Phi) is 10.0. The molecular formula is C36H39N3O6. The molecule has 0 aromatic heterocycles. The van der Waals surface area contributed by atoms with Gasteiger partial charge in [-0.05, 0) is 79.0 Å². The summed E-state index contributed by atoms with van der Waals surface area (Å²) < 4.78 is 18.8. The van der Waals surface area contributed by atoms with Crippen molar-refractivity contribution in [1.82, 2.24) is 4.90 Å². The summed E-state index contributed by atoms with van der Waals surface area (Å²) in [6.45, 7) is 1.76. The summed E-state index contributed by atoms with van der Waals surface area (Å²) in [4.78, 5) is 15.2. The van der Waals surface area contributed by atoms with Gasteiger partial charge >= 0.3 is 6.03 Å². The number of amides is 2. The largest absolute Gasteiger partial charge is 0.457 e. The molecule has 9 nitrogen and oxygen atoms in total. The van der Waals surface area contributed by atoms with E-state index in [-0.39, 0.29) is 37.5 Å². The third-order valence-corrected chi connectivity index (χ3v) is 8.27. The fourth-order valence-corrected chi connectivity index (χ4v) is 5.92. The zero-order valence-corrected chi connectivity index (χ0v) is 25.0. The number of anilines is 2. The Bertz CT molecular complexity index is 1530. The van der Waals surface area contributed by atoms with Crippen LogP contribution in [0.3, 0.4) is 0 Å². The third-order valence-electron chi connectivity index (χ3n) is 8.27. The molecular weight excluding hydrogens is 570 g/mol. The van der Waals surface area contributed by atoms with Gasteiger partial charge in [-0.25, -0.2) is 4.79 Å². The smallest absolute Gasteiger partial charge is 0.323 e. The molecule has 234 valence electrons. The maximum Gasteiger partial charge on any atom is 0.323 e. The number of likely N-dealkylation sites (tertiary alicyclic amines) is 1. The molecule has 2 fully saturated rings. The molecule has 0 saturated carbocycles. The summed E-state index contributed by atoms with van der Waals surface area (Å²) in [5, 5.41) is 25.1. The number of carbonyl (C=O) groups excluding carboxylic acids is 1. The number of nitrogens with zero attached hydrogens (tertiary/aromatic N) is 1. The van der Waals surface area contributed by atoms with E-state index in [4.69, 9.17) is 14.2 Å². The van der Waals surface area contributed by atoms with Crippen LogP contribution in [0.15, 0.2) is 103 Å². The first-order valence-electron chi connectivity index (χ1n) is 15.4. The highest BCUT2D eigenvalue weighted by molar-refractivity contribution is 5.99. The molecule has 2 aliphatic heterocycles. The zero-order valence-electron chi connectivity index (χ0n) is 25.0. The predicted molar refractivity (Wildman–Crippen MR) is 172 cm³/mol. The van der Waals surface area contributed by atoms with E-state index in [2.05, 4.69) is 15.5 Å². The average molecular weight is 610 g/mol. The molecule has 0 bridgehead atoms. The van der Waals surface area contributed by atoms with E-state index in [1.165, 1.54) is 0 Å². The number of carbonyl (C=O) groups is 1. The number of rotatable bonds is 10. The molecule has 6 rings (SSSR count). The van der Waals surface area contributed by atoms with Crippen LogP contribution >= 0.6 is 0 Å². The lowest BCUT2D eigenvalue weighted by Crippen LogP contribution is -2.42. The number of urea groups is 1. The normalized spacial score (nSPS) is 21.7. The maximum atomic E-state index is 12.9. The van der Waals surface area contributed by atoms with Crippen molar-refractivity contribution in [2.45, 2.75) is 50.4 Å². The standard InChI is InChI=1S/C36H39N3O6/c40-23-25-11-13-26(14-12-25)34-21-33(22-39-19-5-8-30(39)24-41)44-35(45-34)27-6-4-7-29(20-27)38-36(42)37-28-15-17-32(18-16-28)43-31-9-2-1-3-10-31/h1-4,6-7,9-18,20,30,33-35,40-41H,5,8,19,21-24H2,(H2,37,38,42)/t30-,33+,34-,35-/m0/s1. The molecule has 4 N–H and O–H groups in total. The minimum Gasteiger partial charge on any atom is -0.457 e. The Morgan fingerprint density at radius 3 is 2.33 bits per heavy atom.